The van der Waals surface area contributed by atoms with Crippen molar-refractivity contribution in [3.8, 4) is 0 Å². The first-order chi connectivity index (χ1) is 8.08. The summed E-state index contributed by atoms with van der Waals surface area (Å²) in [7, 11) is 0. The van der Waals surface area contributed by atoms with Crippen molar-refractivity contribution in [2.45, 2.75) is 26.3 Å². The molecule has 0 bridgehead atoms. The summed E-state index contributed by atoms with van der Waals surface area (Å²) in [4.78, 5) is 9.55. The summed E-state index contributed by atoms with van der Waals surface area (Å²) in [5.74, 6) is -0.356. The van der Waals surface area contributed by atoms with Crippen molar-refractivity contribution >= 4 is 11.3 Å². The highest BCUT2D eigenvalue weighted by Crippen LogP contribution is 2.22. The van der Waals surface area contributed by atoms with Crippen LogP contribution in [0, 0.1) is 19.7 Å². The van der Waals surface area contributed by atoms with Gasteiger partial charge in [-0.2, -0.15) is 0 Å². The molecule has 5 heteroatoms. The second kappa shape index (κ2) is 4.89. The molecule has 0 aliphatic rings. The number of rotatable bonds is 3. The summed E-state index contributed by atoms with van der Waals surface area (Å²) in [5, 5.41) is 0.928. The molecule has 1 unspecified atom stereocenters. The van der Waals surface area contributed by atoms with Crippen LogP contribution in [0.1, 0.15) is 27.3 Å². The van der Waals surface area contributed by atoms with Crippen molar-refractivity contribution in [3.05, 3.63) is 45.4 Å². The minimum atomic E-state index is -0.443. The predicted molar refractivity (Wildman–Crippen MR) is 66.4 cm³/mol. The third-order valence-corrected chi connectivity index (χ3v) is 3.70. The van der Waals surface area contributed by atoms with E-state index in [1.54, 1.807) is 23.6 Å². The SMILES string of the molecule is Cc1nc(CC(N)c2ncccc2F)sc1C. The van der Waals surface area contributed by atoms with Gasteiger partial charge in [0.2, 0.25) is 0 Å². The smallest absolute Gasteiger partial charge is 0.146 e. The lowest BCUT2D eigenvalue weighted by molar-refractivity contribution is 0.563. The molecule has 1 atom stereocenters. The first-order valence-electron chi connectivity index (χ1n) is 5.37. The minimum absolute atomic E-state index is 0.304. The number of halogens is 1. The fourth-order valence-corrected chi connectivity index (χ4v) is 2.57. The van der Waals surface area contributed by atoms with Crippen molar-refractivity contribution in [2.24, 2.45) is 5.73 Å². The zero-order chi connectivity index (χ0) is 12.4. The van der Waals surface area contributed by atoms with Crippen LogP contribution in [0.3, 0.4) is 0 Å². The van der Waals surface area contributed by atoms with Crippen LogP contribution in [0.2, 0.25) is 0 Å². The van der Waals surface area contributed by atoms with Crippen LogP contribution in [-0.2, 0) is 6.42 Å². The lowest BCUT2D eigenvalue weighted by Crippen LogP contribution is -2.16. The summed E-state index contributed by atoms with van der Waals surface area (Å²) in [5.41, 5.74) is 7.27. The van der Waals surface area contributed by atoms with E-state index in [0.29, 0.717) is 12.1 Å². The highest BCUT2D eigenvalue weighted by atomic mass is 32.1. The number of nitrogens with zero attached hydrogens (tertiary/aromatic N) is 2. The van der Waals surface area contributed by atoms with Gasteiger partial charge in [0.05, 0.1) is 22.4 Å². The first kappa shape index (κ1) is 12.1. The second-order valence-corrected chi connectivity index (χ2v) is 5.22. The molecular formula is C12H14FN3S. The molecule has 90 valence electrons. The molecule has 0 amide bonds. The van der Waals surface area contributed by atoms with Gasteiger partial charge in [-0.15, -0.1) is 11.3 Å². The zero-order valence-electron chi connectivity index (χ0n) is 9.77. The van der Waals surface area contributed by atoms with Crippen molar-refractivity contribution < 1.29 is 4.39 Å². The third-order valence-electron chi connectivity index (χ3n) is 2.61. The Bertz CT molecular complexity index is 505. The van der Waals surface area contributed by atoms with Crippen LogP contribution in [0.5, 0.6) is 0 Å². The number of nitrogens with two attached hydrogens (primary N) is 1. The molecule has 0 fully saturated rings. The second-order valence-electron chi connectivity index (χ2n) is 3.93. The van der Waals surface area contributed by atoms with E-state index in [-0.39, 0.29) is 5.82 Å². The molecule has 0 spiro atoms. The maximum Gasteiger partial charge on any atom is 0.146 e. The quantitative estimate of drug-likeness (QED) is 0.912. The topological polar surface area (TPSA) is 51.8 Å². The highest BCUT2D eigenvalue weighted by molar-refractivity contribution is 7.11. The van der Waals surface area contributed by atoms with E-state index in [4.69, 9.17) is 5.73 Å². The average Bonchev–Trinajstić information content (AvgIpc) is 2.58. The largest absolute Gasteiger partial charge is 0.322 e. The number of hydrogen-bond donors (Lipinski definition) is 1. The van der Waals surface area contributed by atoms with Gasteiger partial charge in [-0.3, -0.25) is 4.98 Å². The summed E-state index contributed by atoms with van der Waals surface area (Å²) in [6, 6.07) is 2.49. The van der Waals surface area contributed by atoms with Gasteiger partial charge in [0.15, 0.2) is 0 Å². The Kier molecular flexibility index (Phi) is 3.49. The fraction of sp³-hybridized carbons (Fsp3) is 0.333. The monoisotopic (exact) mass is 251 g/mol. The lowest BCUT2D eigenvalue weighted by atomic mass is 10.1. The maximum absolute atomic E-state index is 13.5. The van der Waals surface area contributed by atoms with Gasteiger partial charge in [-0.25, -0.2) is 9.37 Å². The first-order valence-corrected chi connectivity index (χ1v) is 6.18. The van der Waals surface area contributed by atoms with Crippen LogP contribution >= 0.6 is 11.3 Å². The molecule has 2 N–H and O–H groups in total. The van der Waals surface area contributed by atoms with Crippen molar-refractivity contribution in [3.63, 3.8) is 0 Å². The van der Waals surface area contributed by atoms with E-state index in [2.05, 4.69) is 9.97 Å². The number of aryl methyl sites for hydroxylation is 2. The van der Waals surface area contributed by atoms with Crippen LogP contribution < -0.4 is 5.73 Å². The Morgan fingerprint density at radius 2 is 2.24 bits per heavy atom. The molecule has 3 nitrogen and oxygen atoms in total. The zero-order valence-corrected chi connectivity index (χ0v) is 10.6. The normalized spacial score (nSPS) is 12.7. The van der Waals surface area contributed by atoms with Crippen LogP contribution in [0.15, 0.2) is 18.3 Å². The Hall–Kier alpha value is -1.33. The minimum Gasteiger partial charge on any atom is -0.322 e. The predicted octanol–water partition coefficient (Wildman–Crippen LogP) is 2.54. The molecule has 0 saturated carbocycles. The Balaban J connectivity index is 2.17. The molecule has 2 aromatic heterocycles. The van der Waals surface area contributed by atoms with Gasteiger partial charge in [0, 0.05) is 17.5 Å². The van der Waals surface area contributed by atoms with E-state index in [1.165, 1.54) is 10.9 Å². The van der Waals surface area contributed by atoms with E-state index >= 15 is 0 Å². The van der Waals surface area contributed by atoms with E-state index < -0.39 is 6.04 Å². The molecule has 0 aliphatic carbocycles. The maximum atomic E-state index is 13.5. The van der Waals surface area contributed by atoms with Crippen molar-refractivity contribution in [2.75, 3.05) is 0 Å². The van der Waals surface area contributed by atoms with Crippen molar-refractivity contribution in [1.29, 1.82) is 0 Å². The summed E-state index contributed by atoms with van der Waals surface area (Å²) in [6.45, 7) is 3.98. The van der Waals surface area contributed by atoms with E-state index in [1.807, 2.05) is 13.8 Å². The number of hydrogen-bond acceptors (Lipinski definition) is 4. The van der Waals surface area contributed by atoms with Crippen LogP contribution in [-0.4, -0.2) is 9.97 Å². The van der Waals surface area contributed by atoms with Crippen LogP contribution in [0.4, 0.5) is 4.39 Å². The van der Waals surface area contributed by atoms with Gasteiger partial charge in [0.25, 0.3) is 0 Å². The number of thiazole rings is 1. The standard InChI is InChI=1S/C12H14FN3S/c1-7-8(2)17-11(16-7)6-10(14)12-9(13)4-3-5-15-12/h3-5,10H,6,14H2,1-2H3. The molecule has 2 aromatic rings. The summed E-state index contributed by atoms with van der Waals surface area (Å²) < 4.78 is 13.5. The molecule has 0 saturated heterocycles. The summed E-state index contributed by atoms with van der Waals surface area (Å²) in [6.07, 6.45) is 2.07. The fourth-order valence-electron chi connectivity index (χ4n) is 1.58. The van der Waals surface area contributed by atoms with Gasteiger partial charge < -0.3 is 5.73 Å². The Morgan fingerprint density at radius 3 is 2.82 bits per heavy atom. The number of aromatic nitrogens is 2. The van der Waals surface area contributed by atoms with Gasteiger partial charge in [-0.05, 0) is 26.0 Å². The molecule has 0 aromatic carbocycles. The molecule has 2 rings (SSSR count). The lowest BCUT2D eigenvalue weighted by Gasteiger charge is -2.09. The molecule has 0 aliphatic heterocycles. The molecule has 17 heavy (non-hydrogen) atoms. The van der Waals surface area contributed by atoms with Gasteiger partial charge in [0.1, 0.15) is 5.82 Å². The summed E-state index contributed by atoms with van der Waals surface area (Å²) >= 11 is 1.60. The van der Waals surface area contributed by atoms with Crippen LogP contribution in [0.25, 0.3) is 0 Å². The molecule has 2 heterocycles. The number of pyridine rings is 1. The van der Waals surface area contributed by atoms with Crippen molar-refractivity contribution in [1.82, 2.24) is 9.97 Å². The van der Waals surface area contributed by atoms with E-state index in [9.17, 15) is 4.39 Å². The van der Waals surface area contributed by atoms with Gasteiger partial charge >= 0.3 is 0 Å². The average molecular weight is 251 g/mol. The molecule has 0 radical (unpaired) electrons. The van der Waals surface area contributed by atoms with E-state index in [0.717, 1.165) is 10.7 Å². The molecular weight excluding hydrogens is 237 g/mol. The van der Waals surface area contributed by atoms with Gasteiger partial charge in [-0.1, -0.05) is 0 Å². The highest BCUT2D eigenvalue weighted by Gasteiger charge is 2.15. The Morgan fingerprint density at radius 1 is 1.47 bits per heavy atom. The Labute approximate surface area is 104 Å². The third kappa shape index (κ3) is 2.68.